The fraction of sp³-hybridized carbons (Fsp3) is 0.0385. The van der Waals surface area contributed by atoms with Crippen LogP contribution in [0.2, 0.25) is 0 Å². The number of halogens is 1. The number of hydrogen-bond acceptors (Lipinski definition) is 4. The number of aromatic carboxylic acids is 1. The lowest BCUT2D eigenvalue weighted by Crippen LogP contribution is -2.40. The van der Waals surface area contributed by atoms with Crippen LogP contribution in [0.15, 0.2) is 83.3 Å². The summed E-state index contributed by atoms with van der Waals surface area (Å²) >= 11 is 3.40. The van der Waals surface area contributed by atoms with E-state index >= 15 is 0 Å². The maximum atomic E-state index is 13.3. The van der Waals surface area contributed by atoms with Crippen molar-refractivity contribution in [2.45, 2.75) is 6.54 Å². The Hall–Kier alpha value is -3.97. The Morgan fingerprint density at radius 2 is 1.58 bits per heavy atom. The molecule has 5 rings (SSSR count). The van der Waals surface area contributed by atoms with Gasteiger partial charge in [-0.05, 0) is 54.1 Å². The van der Waals surface area contributed by atoms with Crippen molar-refractivity contribution in [3.63, 3.8) is 0 Å². The summed E-state index contributed by atoms with van der Waals surface area (Å²) in [5.41, 5.74) is 3.37. The van der Waals surface area contributed by atoms with Crippen molar-refractivity contribution in [1.82, 2.24) is 0 Å². The van der Waals surface area contributed by atoms with Gasteiger partial charge in [-0.1, -0.05) is 46.3 Å². The first-order chi connectivity index (χ1) is 15.9. The van der Waals surface area contributed by atoms with Crippen LogP contribution in [-0.4, -0.2) is 22.9 Å². The smallest absolute Gasteiger partial charge is 0.335 e. The molecule has 0 spiro atoms. The first-order valence-electron chi connectivity index (χ1n) is 10.2. The number of rotatable bonds is 5. The van der Waals surface area contributed by atoms with Crippen LogP contribution < -0.4 is 10.2 Å². The number of carboxylic acids is 1. The Balaban J connectivity index is 1.51. The SMILES string of the molecule is O=C(O)c1ccc(CNc2ccc3c4c(cccc24)C(=O)N(c2cccc(Br)c2)C3=O)cc1. The van der Waals surface area contributed by atoms with Crippen molar-refractivity contribution in [3.8, 4) is 0 Å². The minimum Gasteiger partial charge on any atom is -0.478 e. The van der Waals surface area contributed by atoms with Gasteiger partial charge in [-0.2, -0.15) is 0 Å². The Bertz CT molecular complexity index is 1420. The molecule has 0 fully saturated rings. The predicted molar refractivity (Wildman–Crippen MR) is 130 cm³/mol. The minimum absolute atomic E-state index is 0.229. The number of amides is 2. The van der Waals surface area contributed by atoms with Crippen LogP contribution in [0.1, 0.15) is 36.6 Å². The Labute approximate surface area is 197 Å². The lowest BCUT2D eigenvalue weighted by Gasteiger charge is -2.28. The largest absolute Gasteiger partial charge is 0.478 e. The van der Waals surface area contributed by atoms with E-state index in [0.29, 0.717) is 28.7 Å². The van der Waals surface area contributed by atoms with Crippen LogP contribution >= 0.6 is 15.9 Å². The highest BCUT2D eigenvalue weighted by molar-refractivity contribution is 9.10. The number of imide groups is 1. The highest BCUT2D eigenvalue weighted by Gasteiger charge is 2.34. The average Bonchev–Trinajstić information content (AvgIpc) is 2.81. The van der Waals surface area contributed by atoms with Crippen LogP contribution in [-0.2, 0) is 6.54 Å². The van der Waals surface area contributed by atoms with Gasteiger partial charge >= 0.3 is 5.97 Å². The third kappa shape index (κ3) is 3.66. The van der Waals surface area contributed by atoms with Gasteiger partial charge in [0, 0.05) is 38.6 Å². The fourth-order valence-corrected chi connectivity index (χ4v) is 4.45. The third-order valence-electron chi connectivity index (χ3n) is 5.66. The summed E-state index contributed by atoms with van der Waals surface area (Å²) in [5.74, 6) is -1.69. The van der Waals surface area contributed by atoms with Crippen molar-refractivity contribution < 1.29 is 19.5 Å². The molecule has 4 aromatic rings. The van der Waals surface area contributed by atoms with E-state index in [4.69, 9.17) is 5.11 Å². The van der Waals surface area contributed by atoms with Crippen LogP contribution in [0, 0.1) is 0 Å². The highest BCUT2D eigenvalue weighted by atomic mass is 79.9. The molecular formula is C26H17BrN2O4. The van der Waals surface area contributed by atoms with E-state index < -0.39 is 5.97 Å². The highest BCUT2D eigenvalue weighted by Crippen LogP contribution is 2.36. The van der Waals surface area contributed by atoms with Crippen LogP contribution in [0.4, 0.5) is 11.4 Å². The van der Waals surface area contributed by atoms with Gasteiger partial charge in [-0.15, -0.1) is 0 Å². The zero-order valence-electron chi connectivity index (χ0n) is 17.2. The molecule has 1 heterocycles. The fourth-order valence-electron chi connectivity index (χ4n) is 4.06. The molecular weight excluding hydrogens is 484 g/mol. The zero-order valence-corrected chi connectivity index (χ0v) is 18.8. The van der Waals surface area contributed by atoms with Gasteiger partial charge in [0.05, 0.1) is 11.3 Å². The molecule has 2 N–H and O–H groups in total. The summed E-state index contributed by atoms with van der Waals surface area (Å²) in [7, 11) is 0. The van der Waals surface area contributed by atoms with Crippen molar-refractivity contribution in [2.75, 3.05) is 10.2 Å². The Kier molecular flexibility index (Phi) is 5.18. The van der Waals surface area contributed by atoms with Gasteiger partial charge in [0.15, 0.2) is 0 Å². The predicted octanol–water partition coefficient (Wildman–Crippen LogP) is 5.71. The molecule has 0 saturated carbocycles. The molecule has 0 aliphatic carbocycles. The molecule has 162 valence electrons. The van der Waals surface area contributed by atoms with E-state index in [1.807, 2.05) is 18.2 Å². The van der Waals surface area contributed by atoms with E-state index in [2.05, 4.69) is 21.2 Å². The van der Waals surface area contributed by atoms with E-state index in [-0.39, 0.29) is 17.4 Å². The summed E-state index contributed by atoms with van der Waals surface area (Å²) in [4.78, 5) is 38.9. The van der Waals surface area contributed by atoms with Gasteiger partial charge < -0.3 is 10.4 Å². The summed E-state index contributed by atoms with van der Waals surface area (Å²) in [6.45, 7) is 0.463. The third-order valence-corrected chi connectivity index (χ3v) is 6.15. The van der Waals surface area contributed by atoms with E-state index in [0.717, 1.165) is 21.1 Å². The molecule has 7 heteroatoms. The zero-order chi connectivity index (χ0) is 23.1. The number of anilines is 2. The molecule has 0 bridgehead atoms. The Morgan fingerprint density at radius 1 is 0.879 bits per heavy atom. The molecule has 0 saturated heterocycles. The number of carbonyl (C=O) groups excluding carboxylic acids is 2. The second-order valence-electron chi connectivity index (χ2n) is 7.67. The summed E-state index contributed by atoms with van der Waals surface area (Å²) in [6, 6.07) is 22.7. The van der Waals surface area contributed by atoms with Gasteiger partial charge in [-0.25, -0.2) is 9.69 Å². The molecule has 0 aromatic heterocycles. The summed E-state index contributed by atoms with van der Waals surface area (Å²) in [6.07, 6.45) is 0. The van der Waals surface area contributed by atoms with Gasteiger partial charge in [0.25, 0.3) is 11.8 Å². The van der Waals surface area contributed by atoms with Gasteiger partial charge in [0.1, 0.15) is 0 Å². The van der Waals surface area contributed by atoms with Crippen LogP contribution in [0.3, 0.4) is 0 Å². The molecule has 1 aliphatic heterocycles. The normalized spacial score (nSPS) is 12.8. The molecule has 0 radical (unpaired) electrons. The number of benzene rings is 4. The molecule has 6 nitrogen and oxygen atoms in total. The van der Waals surface area contributed by atoms with Crippen molar-refractivity contribution in [1.29, 1.82) is 0 Å². The summed E-state index contributed by atoms with van der Waals surface area (Å²) in [5, 5.41) is 13.8. The molecule has 1 aliphatic rings. The topological polar surface area (TPSA) is 86.7 Å². The second-order valence-corrected chi connectivity index (χ2v) is 8.59. The van der Waals surface area contributed by atoms with E-state index in [1.54, 1.807) is 60.7 Å². The van der Waals surface area contributed by atoms with E-state index in [1.165, 1.54) is 4.90 Å². The molecule has 0 unspecified atom stereocenters. The molecule has 4 aromatic carbocycles. The standard InChI is InChI=1S/C26H17BrN2O4/c27-17-3-1-4-18(13-17)29-24(30)20-6-2-5-19-22(12-11-21(23(19)20)25(29)31)28-14-15-7-9-16(10-8-15)26(32)33/h1-13,28H,14H2,(H,32,33). The first-order valence-corrected chi connectivity index (χ1v) is 11.0. The van der Waals surface area contributed by atoms with Gasteiger partial charge in [-0.3, -0.25) is 9.59 Å². The molecule has 0 atom stereocenters. The number of carboxylic acid groups (broad SMARTS) is 1. The minimum atomic E-state index is -0.968. The monoisotopic (exact) mass is 500 g/mol. The molecule has 33 heavy (non-hydrogen) atoms. The molecule has 2 amide bonds. The van der Waals surface area contributed by atoms with Crippen LogP contribution in [0.5, 0.6) is 0 Å². The number of carbonyl (C=O) groups is 3. The quantitative estimate of drug-likeness (QED) is 0.342. The van der Waals surface area contributed by atoms with Crippen molar-refractivity contribution in [3.05, 3.63) is 106 Å². The Morgan fingerprint density at radius 3 is 2.27 bits per heavy atom. The lowest BCUT2D eigenvalue weighted by atomic mass is 9.92. The summed E-state index contributed by atoms with van der Waals surface area (Å²) < 4.78 is 0.778. The number of hydrogen-bond donors (Lipinski definition) is 2. The van der Waals surface area contributed by atoms with Crippen molar-refractivity contribution >= 4 is 55.9 Å². The number of nitrogens with one attached hydrogen (secondary N) is 1. The second kappa shape index (κ2) is 8.18. The maximum absolute atomic E-state index is 13.3. The van der Waals surface area contributed by atoms with Crippen LogP contribution in [0.25, 0.3) is 10.8 Å². The van der Waals surface area contributed by atoms with Crippen molar-refractivity contribution in [2.24, 2.45) is 0 Å². The lowest BCUT2D eigenvalue weighted by molar-refractivity contribution is 0.0696. The number of nitrogens with zero attached hydrogens (tertiary/aromatic N) is 1. The average molecular weight is 501 g/mol. The maximum Gasteiger partial charge on any atom is 0.335 e. The van der Waals surface area contributed by atoms with E-state index in [9.17, 15) is 14.4 Å². The first kappa shape index (κ1) is 20.9. The van der Waals surface area contributed by atoms with Gasteiger partial charge in [0.2, 0.25) is 0 Å².